The zero-order chi connectivity index (χ0) is 14.6. The van der Waals surface area contributed by atoms with Crippen LogP contribution in [0.25, 0.3) is 10.9 Å². The van der Waals surface area contributed by atoms with E-state index in [4.69, 9.17) is 5.14 Å². The molecule has 7 heteroatoms. The molecule has 0 atom stereocenters. The lowest BCUT2D eigenvalue weighted by Gasteiger charge is -2.07. The Morgan fingerprint density at radius 1 is 1.25 bits per heavy atom. The molecule has 0 aliphatic rings. The monoisotopic (exact) mass is 293 g/mol. The topological polar surface area (TPSA) is 102 Å². The molecule has 1 heterocycles. The smallest absolute Gasteiger partial charge is 0.252 e. The average Bonchev–Trinajstić information content (AvgIpc) is 2.41. The Kier molecular flexibility index (Phi) is 4.31. The summed E-state index contributed by atoms with van der Waals surface area (Å²) in [5.41, 5.74) is 1.26. The van der Waals surface area contributed by atoms with Gasteiger partial charge < -0.3 is 5.32 Å². The molecule has 1 aromatic carbocycles. The Balaban J connectivity index is 2.05. The number of rotatable bonds is 5. The minimum Gasteiger partial charge on any atom is -0.352 e. The number of sulfonamides is 1. The van der Waals surface area contributed by atoms with E-state index in [0.717, 1.165) is 10.9 Å². The van der Waals surface area contributed by atoms with E-state index in [1.54, 1.807) is 12.3 Å². The molecule has 0 unspecified atom stereocenters. The molecule has 1 amide bonds. The SMILES string of the molecule is NS(=O)(=O)CCCNC(=O)c1ccnc2ccccc12. The molecule has 0 spiro atoms. The third-order valence-electron chi connectivity index (χ3n) is 2.78. The molecule has 2 rings (SSSR count). The number of carbonyl (C=O) groups excluding carboxylic acids is 1. The van der Waals surface area contributed by atoms with Crippen molar-refractivity contribution >= 4 is 26.8 Å². The summed E-state index contributed by atoms with van der Waals surface area (Å²) in [6.45, 7) is 0.256. The second-order valence-electron chi connectivity index (χ2n) is 4.35. The van der Waals surface area contributed by atoms with Gasteiger partial charge in [-0.05, 0) is 18.6 Å². The molecule has 1 aromatic heterocycles. The van der Waals surface area contributed by atoms with Crippen molar-refractivity contribution < 1.29 is 13.2 Å². The zero-order valence-corrected chi connectivity index (χ0v) is 11.6. The number of hydrogen-bond donors (Lipinski definition) is 2. The van der Waals surface area contributed by atoms with Gasteiger partial charge in [0.05, 0.1) is 16.8 Å². The summed E-state index contributed by atoms with van der Waals surface area (Å²) in [4.78, 5) is 16.2. The minimum atomic E-state index is -3.48. The van der Waals surface area contributed by atoms with E-state index >= 15 is 0 Å². The van der Waals surface area contributed by atoms with E-state index in [1.165, 1.54) is 0 Å². The van der Waals surface area contributed by atoms with Crippen LogP contribution in [0.3, 0.4) is 0 Å². The zero-order valence-electron chi connectivity index (χ0n) is 10.7. The van der Waals surface area contributed by atoms with E-state index in [2.05, 4.69) is 10.3 Å². The fraction of sp³-hybridized carbons (Fsp3) is 0.231. The summed E-state index contributed by atoms with van der Waals surface area (Å²) in [6.07, 6.45) is 1.86. The fourth-order valence-electron chi connectivity index (χ4n) is 1.86. The molecule has 0 fully saturated rings. The molecular formula is C13H15N3O3S. The van der Waals surface area contributed by atoms with Crippen molar-refractivity contribution in [3.63, 3.8) is 0 Å². The third-order valence-corrected chi connectivity index (χ3v) is 3.64. The number of primary sulfonamides is 1. The number of nitrogens with one attached hydrogen (secondary N) is 1. The molecule has 106 valence electrons. The summed E-state index contributed by atoms with van der Waals surface area (Å²) < 4.78 is 21.6. The van der Waals surface area contributed by atoms with Crippen LogP contribution in [-0.4, -0.2) is 31.6 Å². The number of pyridine rings is 1. The van der Waals surface area contributed by atoms with Crippen LogP contribution in [0.15, 0.2) is 36.5 Å². The van der Waals surface area contributed by atoms with Crippen molar-refractivity contribution in [2.24, 2.45) is 5.14 Å². The maximum atomic E-state index is 12.1. The summed E-state index contributed by atoms with van der Waals surface area (Å²) in [6, 6.07) is 8.97. The number of amides is 1. The van der Waals surface area contributed by atoms with Gasteiger partial charge in [-0.3, -0.25) is 9.78 Å². The van der Waals surface area contributed by atoms with Gasteiger partial charge >= 0.3 is 0 Å². The molecular weight excluding hydrogens is 278 g/mol. The quantitative estimate of drug-likeness (QED) is 0.790. The van der Waals surface area contributed by atoms with Crippen LogP contribution >= 0.6 is 0 Å². The lowest BCUT2D eigenvalue weighted by atomic mass is 10.1. The minimum absolute atomic E-state index is 0.148. The van der Waals surface area contributed by atoms with Crippen LogP contribution in [0.1, 0.15) is 16.8 Å². The van der Waals surface area contributed by atoms with Gasteiger partial charge in [0.2, 0.25) is 10.0 Å². The predicted octanol–water partition coefficient (Wildman–Crippen LogP) is 0.643. The Labute approximate surface area is 117 Å². The first-order chi connectivity index (χ1) is 9.47. The summed E-state index contributed by atoms with van der Waals surface area (Å²) in [5.74, 6) is -0.400. The molecule has 20 heavy (non-hydrogen) atoms. The molecule has 0 radical (unpaired) electrons. The molecule has 0 saturated carbocycles. The van der Waals surface area contributed by atoms with Gasteiger partial charge in [-0.15, -0.1) is 0 Å². The van der Waals surface area contributed by atoms with Gasteiger partial charge in [-0.2, -0.15) is 0 Å². The van der Waals surface area contributed by atoms with Crippen LogP contribution in [0.5, 0.6) is 0 Å². The van der Waals surface area contributed by atoms with Crippen LogP contribution in [-0.2, 0) is 10.0 Å². The van der Waals surface area contributed by atoms with Crippen LogP contribution < -0.4 is 10.5 Å². The molecule has 2 aromatic rings. The molecule has 0 aliphatic carbocycles. The van der Waals surface area contributed by atoms with Crippen molar-refractivity contribution in [3.8, 4) is 0 Å². The highest BCUT2D eigenvalue weighted by Crippen LogP contribution is 2.15. The standard InChI is InChI=1S/C13H15N3O3S/c14-20(18,19)9-3-7-16-13(17)11-6-8-15-12-5-2-1-4-10(11)12/h1-2,4-6,8H,3,7,9H2,(H,16,17)(H2,14,18,19). The number of para-hydroxylation sites is 1. The number of nitrogens with two attached hydrogens (primary N) is 1. The van der Waals surface area contributed by atoms with E-state index in [-0.39, 0.29) is 24.6 Å². The van der Waals surface area contributed by atoms with Crippen molar-refractivity contribution in [2.45, 2.75) is 6.42 Å². The Morgan fingerprint density at radius 2 is 2.00 bits per heavy atom. The van der Waals surface area contributed by atoms with Gasteiger partial charge in [0, 0.05) is 18.1 Å². The second-order valence-corrected chi connectivity index (χ2v) is 6.09. The molecule has 3 N–H and O–H groups in total. The van der Waals surface area contributed by atoms with Gasteiger partial charge in [-0.25, -0.2) is 13.6 Å². The maximum Gasteiger partial charge on any atom is 0.252 e. The number of fused-ring (bicyclic) bond motifs is 1. The van der Waals surface area contributed by atoms with Gasteiger partial charge in [-0.1, -0.05) is 18.2 Å². The first kappa shape index (κ1) is 14.4. The van der Waals surface area contributed by atoms with E-state index in [1.807, 2.05) is 24.3 Å². The lowest BCUT2D eigenvalue weighted by molar-refractivity contribution is 0.0955. The fourth-order valence-corrected chi connectivity index (χ4v) is 2.41. The number of hydrogen-bond acceptors (Lipinski definition) is 4. The normalized spacial score (nSPS) is 11.4. The highest BCUT2D eigenvalue weighted by atomic mass is 32.2. The van der Waals surface area contributed by atoms with Crippen molar-refractivity contribution in [1.29, 1.82) is 0 Å². The van der Waals surface area contributed by atoms with Crippen molar-refractivity contribution in [2.75, 3.05) is 12.3 Å². The first-order valence-corrected chi connectivity index (χ1v) is 7.81. The van der Waals surface area contributed by atoms with Crippen molar-refractivity contribution in [1.82, 2.24) is 10.3 Å². The van der Waals surface area contributed by atoms with Gasteiger partial charge in [0.1, 0.15) is 0 Å². The van der Waals surface area contributed by atoms with E-state index in [0.29, 0.717) is 5.56 Å². The van der Waals surface area contributed by atoms with E-state index < -0.39 is 10.0 Å². The van der Waals surface area contributed by atoms with Gasteiger partial charge in [0.25, 0.3) is 5.91 Å². The number of benzene rings is 1. The lowest BCUT2D eigenvalue weighted by Crippen LogP contribution is -2.27. The first-order valence-electron chi connectivity index (χ1n) is 6.10. The van der Waals surface area contributed by atoms with E-state index in [9.17, 15) is 13.2 Å². The molecule has 6 nitrogen and oxygen atoms in total. The number of nitrogens with zero attached hydrogens (tertiary/aromatic N) is 1. The number of aromatic nitrogens is 1. The Morgan fingerprint density at radius 3 is 2.75 bits per heavy atom. The summed E-state index contributed by atoms with van der Waals surface area (Å²) >= 11 is 0. The van der Waals surface area contributed by atoms with Crippen LogP contribution in [0.2, 0.25) is 0 Å². The van der Waals surface area contributed by atoms with Crippen molar-refractivity contribution in [3.05, 3.63) is 42.1 Å². The average molecular weight is 293 g/mol. The molecule has 0 bridgehead atoms. The van der Waals surface area contributed by atoms with Crippen LogP contribution in [0.4, 0.5) is 0 Å². The highest BCUT2D eigenvalue weighted by Gasteiger charge is 2.10. The Hall–Kier alpha value is -1.99. The number of carbonyl (C=O) groups is 1. The molecule has 0 saturated heterocycles. The van der Waals surface area contributed by atoms with Gasteiger partial charge in [0.15, 0.2) is 0 Å². The predicted molar refractivity (Wildman–Crippen MR) is 76.7 cm³/mol. The maximum absolute atomic E-state index is 12.1. The highest BCUT2D eigenvalue weighted by molar-refractivity contribution is 7.89. The Bertz CT molecular complexity index is 723. The molecule has 0 aliphatic heterocycles. The third kappa shape index (κ3) is 3.75. The largest absolute Gasteiger partial charge is 0.352 e. The summed E-state index contributed by atoms with van der Waals surface area (Å²) in [5, 5.41) is 8.33. The second kappa shape index (κ2) is 5.98. The van der Waals surface area contributed by atoms with Crippen LogP contribution in [0, 0.1) is 0 Å². The summed E-state index contributed by atoms with van der Waals surface area (Å²) in [7, 11) is -3.48.